The van der Waals surface area contributed by atoms with Crippen molar-refractivity contribution in [2.24, 2.45) is 10.8 Å². The molecule has 579 valence electrons. The Morgan fingerprint density at radius 3 is 1.27 bits per heavy atom. The minimum absolute atomic E-state index is 0. The monoisotopic (exact) mass is 1730 g/mol. The number of anilines is 3. The first-order chi connectivity index (χ1) is 56.6. The summed E-state index contributed by atoms with van der Waals surface area (Å²) in [6, 6.07) is 124. The van der Waals surface area contributed by atoms with Crippen molar-refractivity contribution in [3.8, 4) is 72.6 Å². The molecule has 0 fully saturated rings. The van der Waals surface area contributed by atoms with Crippen LogP contribution in [-0.4, -0.2) is 76.0 Å². The Balaban J connectivity index is 0.000000164. The van der Waals surface area contributed by atoms with Crippen LogP contribution in [0.4, 0.5) is 17.1 Å². The van der Waals surface area contributed by atoms with Gasteiger partial charge in [-0.15, -0.1) is 42.7 Å². The second kappa shape index (κ2) is 37.6. The number of fused-ring (bicyclic) bond motifs is 8. The Morgan fingerprint density at radius 1 is 0.415 bits per heavy atom. The molecule has 18 rings (SSSR count). The van der Waals surface area contributed by atoms with Gasteiger partial charge in [0, 0.05) is 101 Å². The maximum absolute atomic E-state index is 9.76. The van der Waals surface area contributed by atoms with Gasteiger partial charge >= 0.3 is 0 Å². The summed E-state index contributed by atoms with van der Waals surface area (Å²) in [6.45, 7) is 13.4. The third-order valence-electron chi connectivity index (χ3n) is 21.2. The van der Waals surface area contributed by atoms with Crippen molar-refractivity contribution in [1.82, 2.24) is 24.5 Å². The van der Waals surface area contributed by atoms with Gasteiger partial charge in [0.2, 0.25) is 0 Å². The van der Waals surface area contributed by atoms with Crippen LogP contribution in [0.15, 0.2) is 358 Å². The maximum atomic E-state index is 9.76. The van der Waals surface area contributed by atoms with E-state index in [2.05, 4.69) is 339 Å². The zero-order chi connectivity index (χ0) is 81.8. The molecular formula is C104H92B3IrN7O2P-. The van der Waals surface area contributed by atoms with Gasteiger partial charge in [-0.2, -0.15) is 0 Å². The molecular weight excluding hydrogens is 1630 g/mol. The van der Waals surface area contributed by atoms with Crippen LogP contribution >= 0.6 is 6.81 Å². The predicted octanol–water partition coefficient (Wildman–Crippen LogP) is 26.5. The summed E-state index contributed by atoms with van der Waals surface area (Å²) in [5, 5.41) is 36.0. The first-order valence-corrected chi connectivity index (χ1v) is 41.6. The van der Waals surface area contributed by atoms with E-state index in [4.69, 9.17) is 28.1 Å². The van der Waals surface area contributed by atoms with E-state index >= 15 is 0 Å². The smallest absolute Gasteiger partial charge is 0.119 e. The first kappa shape index (κ1) is 84.0. The van der Waals surface area contributed by atoms with Crippen molar-refractivity contribution in [3.63, 3.8) is 0 Å². The zero-order valence-corrected chi connectivity index (χ0v) is 71.0. The summed E-state index contributed by atoms with van der Waals surface area (Å²) >= 11 is 0. The van der Waals surface area contributed by atoms with Crippen LogP contribution in [-0.2, 0) is 20.1 Å². The molecule has 3 N–H and O–H groups in total. The van der Waals surface area contributed by atoms with Gasteiger partial charge < -0.3 is 29.8 Å². The minimum Gasteiger partial charge on any atom is -0.392 e. The molecule has 0 aliphatic carbocycles. The van der Waals surface area contributed by atoms with Crippen molar-refractivity contribution in [1.29, 1.82) is 5.16 Å². The van der Waals surface area contributed by atoms with E-state index < -0.39 is 19.0 Å². The molecule has 14 aromatic carbocycles. The van der Waals surface area contributed by atoms with E-state index in [1.165, 1.54) is 105 Å². The molecule has 7 radical (unpaired) electrons. The Hall–Kier alpha value is -11.9. The topological polar surface area (TPSA) is 124 Å². The fraction of sp³-hybridized carbons (Fsp3) is 0.135. The number of benzene rings is 14. The third-order valence-corrected chi connectivity index (χ3v) is 21.8. The molecule has 0 spiro atoms. The van der Waals surface area contributed by atoms with E-state index in [1.807, 2.05) is 104 Å². The van der Waals surface area contributed by atoms with Crippen molar-refractivity contribution in [2.45, 2.75) is 74.0 Å². The van der Waals surface area contributed by atoms with Gasteiger partial charge in [0.1, 0.15) is 15.1 Å². The molecule has 0 saturated heterocycles. The van der Waals surface area contributed by atoms with Gasteiger partial charge in [-0.1, -0.05) is 284 Å². The maximum Gasteiger partial charge on any atom is 0.119 e. The number of nitrogens with one attached hydrogen (secondary N) is 1. The fourth-order valence-electron chi connectivity index (χ4n) is 14.7. The summed E-state index contributed by atoms with van der Waals surface area (Å²) in [6.07, 6.45) is 5.10. The molecule has 0 aliphatic heterocycles. The van der Waals surface area contributed by atoms with Crippen LogP contribution < -0.4 is 4.90 Å². The third kappa shape index (κ3) is 19.7. The molecule has 0 amide bonds. The van der Waals surface area contributed by atoms with Crippen LogP contribution in [0.5, 0.6) is 0 Å². The molecule has 0 saturated carbocycles. The van der Waals surface area contributed by atoms with Gasteiger partial charge in [-0.05, 0) is 181 Å². The fourth-order valence-corrected chi connectivity index (χ4v) is 14.7. The number of para-hydroxylation sites is 2. The number of hydrogen-bond donors (Lipinski definition) is 3. The summed E-state index contributed by atoms with van der Waals surface area (Å²) in [4.78, 5) is 20.4. The normalized spacial score (nSPS) is 11.9. The molecule has 4 heterocycles. The number of aliphatic hydroxyl groups is 2. The number of nitrogens with zero attached hydrogens (tertiary/aromatic N) is 6. The van der Waals surface area contributed by atoms with Gasteiger partial charge in [-0.25, -0.2) is 0 Å². The molecule has 2 atom stereocenters. The number of aromatic nitrogens is 5. The predicted molar refractivity (Wildman–Crippen MR) is 498 cm³/mol. The van der Waals surface area contributed by atoms with E-state index in [1.54, 1.807) is 6.20 Å². The molecule has 118 heavy (non-hydrogen) atoms. The van der Waals surface area contributed by atoms with Crippen molar-refractivity contribution < 1.29 is 30.3 Å². The van der Waals surface area contributed by atoms with Crippen LogP contribution in [0.1, 0.15) is 59.4 Å². The number of aryl methyl sites for hydroxylation is 2. The standard InChI is InChI=1S/C56H38N2.C24H16N2.C12H11N2.C11H24O2.CH3B3NP.Ir/c1-2-16-45(17-3-1)58-55-23-9-8-20-53(55)54-38-44(30-37-56(54)58)39-24-31-46(32-25-39)57(47-33-26-42(27-34-47)51-21-10-14-40-12-4-6-18-49(40)51)48-35-28-43(29-36-48)52-22-11-15-41-13-5-7-19-50(41)52;1-3-7-17(8-4-1)19-13-15-25-23-21(19)11-12-22-20(14-16-26-24(22)23)18-9-5-2-6-10-18;1-9-8-13-12(10(2)14-9)11-6-4-3-5-7-11;1-10(2,3)8(12)7-9(13)11(4,5)6;2-1-6(3,4)5;/h1-38H;1-16H;3-6,8H,1-2H3;8-9,12-13H,7H2,1-6H3;5H,1H2;/q;;-1;;;. The van der Waals surface area contributed by atoms with E-state index in [9.17, 15) is 10.2 Å². The first-order valence-electron chi connectivity index (χ1n) is 39.5. The summed E-state index contributed by atoms with van der Waals surface area (Å²) in [7, 11) is 14.8. The Labute approximate surface area is 711 Å². The molecule has 14 heteroatoms. The van der Waals surface area contributed by atoms with Crippen LogP contribution in [0.2, 0.25) is 0 Å². The Bertz CT molecular complexity index is 6230. The van der Waals surface area contributed by atoms with Crippen LogP contribution in [0.25, 0.3) is 138 Å². The van der Waals surface area contributed by atoms with Crippen LogP contribution in [0, 0.1) is 35.9 Å². The second-order valence-corrected chi connectivity index (χ2v) is 33.8. The molecule has 4 aromatic heterocycles. The number of rotatable bonds is 13. The summed E-state index contributed by atoms with van der Waals surface area (Å²) in [5.74, 6) is 0. The number of aliphatic hydroxyl groups excluding tert-OH is 2. The Kier molecular flexibility index (Phi) is 26.8. The Morgan fingerprint density at radius 2 is 0.814 bits per heavy atom. The van der Waals surface area contributed by atoms with Crippen molar-refractivity contribution in [3.05, 3.63) is 376 Å². The van der Waals surface area contributed by atoms with Gasteiger partial charge in [-0.3, -0.25) is 15.0 Å². The van der Waals surface area contributed by atoms with Crippen molar-refractivity contribution in [2.75, 3.05) is 11.0 Å². The van der Waals surface area contributed by atoms with Gasteiger partial charge in [0.25, 0.3) is 0 Å². The second-order valence-electron chi connectivity index (χ2n) is 31.6. The van der Waals surface area contributed by atoms with Crippen molar-refractivity contribution >= 4 is 112 Å². The van der Waals surface area contributed by atoms with E-state index in [0.29, 0.717) is 6.42 Å². The molecule has 0 aliphatic rings. The quantitative estimate of drug-likeness (QED) is 0.0455. The average Bonchev–Trinajstić information content (AvgIpc) is 1.61. The molecule has 9 nitrogen and oxygen atoms in total. The molecule has 0 bridgehead atoms. The average molecular weight is 1730 g/mol. The van der Waals surface area contributed by atoms with Gasteiger partial charge in [0.15, 0.2) is 0 Å². The largest absolute Gasteiger partial charge is 0.392 e. The van der Waals surface area contributed by atoms with E-state index in [0.717, 1.165) is 61.5 Å². The molecule has 18 aromatic rings. The zero-order valence-electron chi connectivity index (χ0n) is 67.7. The molecule has 2 unspecified atom stereocenters. The SMILES string of the molecule is CC(C)(C)C(O)CC(O)C(C)(C)C.Cc1cnc(-c2[c-]cccc2)c(C)n1.[B]CP([B])([B])=N.[Ir].c1ccc(-c2ccnc3c2ccc2c(-c4ccccc4)ccnc23)cc1.c1ccc(-n2c3ccccc3c3cc(-c4ccc(N(c5ccc(-c6cccc7ccccc67)cc5)c5ccc(-c6cccc7ccccc67)cc5)cc4)ccc32)cc1. The van der Waals surface area contributed by atoms with E-state index in [-0.39, 0.29) is 37.0 Å². The van der Waals surface area contributed by atoms with Gasteiger partial charge in [0.05, 0.1) is 47.8 Å². The number of hydrogen-bond acceptors (Lipinski definition) is 8. The minimum atomic E-state index is -2.37. The summed E-state index contributed by atoms with van der Waals surface area (Å²) in [5.41, 5.74) is 24.3. The number of pyridine rings is 2. The van der Waals surface area contributed by atoms with Crippen LogP contribution in [0.3, 0.4) is 0 Å². The summed E-state index contributed by atoms with van der Waals surface area (Å²) < 4.78 is 2.37.